The number of aromatic nitrogens is 11. The highest BCUT2D eigenvalue weighted by Crippen LogP contribution is 2.33. The van der Waals surface area contributed by atoms with Crippen molar-refractivity contribution in [3.63, 3.8) is 0 Å². The van der Waals surface area contributed by atoms with Crippen LogP contribution in [0.15, 0.2) is 261 Å². The van der Waals surface area contributed by atoms with Crippen LogP contribution in [0.3, 0.4) is 0 Å². The molecule has 0 fully saturated rings. The first kappa shape index (κ1) is 95.9. The fourth-order valence-electron chi connectivity index (χ4n) is 15.8. The normalized spacial score (nSPS) is 13.4. The van der Waals surface area contributed by atoms with Gasteiger partial charge in [-0.3, -0.25) is 9.36 Å². The van der Waals surface area contributed by atoms with E-state index in [0.29, 0.717) is 12.2 Å². The molecule has 0 radical (unpaired) electrons. The van der Waals surface area contributed by atoms with Gasteiger partial charge in [-0.25, -0.2) is 19.9 Å². The molecule has 19 heteroatoms. The summed E-state index contributed by atoms with van der Waals surface area (Å²) >= 11 is 3.50. The van der Waals surface area contributed by atoms with Gasteiger partial charge in [-0.2, -0.15) is 25.2 Å². The molecule has 132 heavy (non-hydrogen) atoms. The first-order valence-electron chi connectivity index (χ1n) is 45.0. The number of nitrogens with zero attached hydrogens (tertiary/aromatic N) is 11. The molecule has 0 N–H and O–H groups in total. The summed E-state index contributed by atoms with van der Waals surface area (Å²) in [7, 11) is 5.71. The third-order valence-corrected chi connectivity index (χ3v) is 23.9. The van der Waals surface area contributed by atoms with Gasteiger partial charge in [0, 0.05) is 81.8 Å². The lowest BCUT2D eigenvalue weighted by Gasteiger charge is -2.02. The van der Waals surface area contributed by atoms with Crippen LogP contribution in [0.2, 0.25) is 0 Å². The molecular weight excluding hydrogens is 1670 g/mol. The Morgan fingerprint density at radius 3 is 1.39 bits per heavy atom. The first-order valence-corrected chi connectivity index (χ1v) is 46.7. The molecule has 2 aliphatic heterocycles. The molecule has 17 nitrogen and oxygen atoms in total. The molecule has 24 rings (SSSR count). The van der Waals surface area contributed by atoms with Crippen molar-refractivity contribution in [3.05, 3.63) is 365 Å². The van der Waals surface area contributed by atoms with Crippen molar-refractivity contribution in [3.8, 4) is 11.5 Å². The predicted molar refractivity (Wildman–Crippen MR) is 548 cm³/mol. The fourth-order valence-corrected chi connectivity index (χ4v) is 17.6. The lowest BCUT2D eigenvalue weighted by molar-refractivity contribution is 0.254. The molecular formula is C113H123N11O6S2. The summed E-state index contributed by atoms with van der Waals surface area (Å²) in [5.41, 5.74) is 33.1. The van der Waals surface area contributed by atoms with Crippen molar-refractivity contribution in [1.29, 1.82) is 0 Å². The van der Waals surface area contributed by atoms with Crippen molar-refractivity contribution in [2.24, 2.45) is 27.1 Å². The Morgan fingerprint density at radius 2 is 0.697 bits per heavy atom. The fraction of sp³-hybridized carbons (Fsp3) is 0.274. The highest BCUT2D eigenvalue weighted by atomic mass is 32.1. The maximum absolute atomic E-state index is 5.59. The van der Waals surface area contributed by atoms with Gasteiger partial charge in [-0.1, -0.05) is 138 Å². The quantitative estimate of drug-likeness (QED) is 0.139. The molecule has 0 saturated carbocycles. The molecule has 11 heterocycles. The lowest BCUT2D eigenvalue weighted by Crippen LogP contribution is -2.05. The summed E-state index contributed by atoms with van der Waals surface area (Å²) in [6.07, 6.45) is 9.50. The Balaban J connectivity index is 0.000000122. The molecule has 0 saturated heterocycles. The van der Waals surface area contributed by atoms with Gasteiger partial charge in [0.25, 0.3) is 0 Å². The minimum atomic E-state index is 0.367. The zero-order chi connectivity index (χ0) is 94.1. The Labute approximate surface area is 783 Å². The molecule has 0 spiro atoms. The van der Waals surface area contributed by atoms with E-state index in [2.05, 4.69) is 287 Å². The third-order valence-electron chi connectivity index (χ3n) is 22.0. The van der Waals surface area contributed by atoms with Crippen LogP contribution in [-0.2, 0) is 46.8 Å². The van der Waals surface area contributed by atoms with E-state index in [9.17, 15) is 0 Å². The monoisotopic (exact) mass is 1790 g/mol. The minimum absolute atomic E-state index is 0.367. The largest absolute Gasteiger partial charge is 0.490 e. The summed E-state index contributed by atoms with van der Waals surface area (Å²) in [6, 6.07) is 79.5. The Hall–Kier alpha value is -13.6. The van der Waals surface area contributed by atoms with Gasteiger partial charge in [-0.15, -0.1) is 22.7 Å². The second-order valence-electron chi connectivity index (χ2n) is 35.3. The van der Waals surface area contributed by atoms with Crippen molar-refractivity contribution >= 4 is 120 Å². The molecule has 3 unspecified atom stereocenters. The van der Waals surface area contributed by atoms with Crippen molar-refractivity contribution < 1.29 is 27.1 Å². The van der Waals surface area contributed by atoms with Crippen LogP contribution < -0.4 is 9.47 Å². The summed E-state index contributed by atoms with van der Waals surface area (Å²) in [4.78, 5) is 18.7. The highest BCUT2D eigenvalue weighted by Gasteiger charge is 2.20. The van der Waals surface area contributed by atoms with E-state index in [0.717, 1.165) is 130 Å². The van der Waals surface area contributed by atoms with Crippen LogP contribution in [0.4, 0.5) is 0 Å². The second-order valence-corrected chi connectivity index (χ2v) is 37.8. The smallest absolute Gasteiger partial charge is 0.192 e. The van der Waals surface area contributed by atoms with Gasteiger partial charge < -0.3 is 27.1 Å². The molecule has 3 aliphatic rings. The number of benzene rings is 12. The van der Waals surface area contributed by atoms with Crippen molar-refractivity contribution in [2.75, 3.05) is 0 Å². The number of hydrogen-bond donors (Lipinski definition) is 0. The Kier molecular flexibility index (Phi) is 31.9. The van der Waals surface area contributed by atoms with E-state index in [1.165, 1.54) is 122 Å². The maximum atomic E-state index is 5.59. The van der Waals surface area contributed by atoms with Gasteiger partial charge in [-0.05, 0) is 331 Å². The number of aryl methyl sites for hydroxylation is 21. The summed E-state index contributed by atoms with van der Waals surface area (Å²) in [5.74, 6) is 6.43. The Bertz CT molecular complexity index is 6240. The zero-order valence-corrected chi connectivity index (χ0v) is 82.5. The number of rotatable bonds is 0. The molecule has 3 atom stereocenters. The van der Waals surface area contributed by atoms with Crippen LogP contribution in [-0.4, -0.2) is 66.7 Å². The topological polar surface area (TPSA) is 189 Å². The number of furan rings is 2. The summed E-state index contributed by atoms with van der Waals surface area (Å²) in [5, 5.41) is 24.0. The van der Waals surface area contributed by atoms with Gasteiger partial charge in [0.15, 0.2) is 22.9 Å². The number of thiazole rings is 2. The SMILES string of the molecule is Cc1ccc2c(c1)CC(C)C2.Cc1ccc2c(c1)CC(C)O2.Cc1ccc2c(c1)OC(C)C2.Cc1ccc2cc(C)oc2c1.Cc1ccc2cn(C)nc2c1.Cc1ccc2nc(C)oc2c1.Cc1ccc2nc(C)sc2c1.Cc1ccc2nn(C)cc2c1.Cc1ccc2nn(C)nc2c1.Cc1ccc2oc(C)cc2c1.Cc1ccc2oc(C)nc2c1.Cc1ccc2sc(C)nc2c1. The van der Waals surface area contributed by atoms with Gasteiger partial charge in [0.05, 0.1) is 41.5 Å². The van der Waals surface area contributed by atoms with E-state index < -0.39 is 0 Å². The van der Waals surface area contributed by atoms with Crippen molar-refractivity contribution in [2.45, 2.75) is 183 Å². The molecule has 0 amide bonds. The highest BCUT2D eigenvalue weighted by molar-refractivity contribution is 7.18. The summed E-state index contributed by atoms with van der Waals surface area (Å²) < 4.78 is 38.9. The number of fused-ring (bicyclic) bond motifs is 12. The standard InChI is InChI=1S/C11H14.C10H12O.C10H10O.C10H12O.C10H10O.2C9H10N2.2C9H9NO.2C9H9NS.C8H9N3/c1-8-3-4-10-6-9(2)7-11(10)5-8;2*1-7-3-4-10-9(5-7)6-8(2)11-10;2*1-7-3-4-9-6-8(2)11-10(9)5-7;1-7-3-4-9-8(5-7)6-11(2)10-9;1-7-3-4-8-6-11(2)10-9(8)5-7;1-6-3-4-9-8(5-6)10-7(2)11-9;1-6-3-4-8-9(5-6)11-7(2)10-8;1-6-3-4-9-8(5-6)10-7(2)11-9;1-6-3-4-8-9(5-6)11-7(2)10-8;1-6-3-4-7-8(5-6)10-11(2)9-7/h3-5,9H,6-7H2,1-2H3;3-5,8H,6H2,1-2H3;3-6H,1-2H3;3-5,8H,6H2,1-2H3;3*3-6H,1-2H3;5*3-5H,1-2H3. The van der Waals surface area contributed by atoms with E-state index in [1.807, 2.05) is 172 Å². The third kappa shape index (κ3) is 27.3. The molecule has 9 aromatic heterocycles. The zero-order valence-electron chi connectivity index (χ0n) is 80.8. The van der Waals surface area contributed by atoms with E-state index in [4.69, 9.17) is 27.1 Å². The molecule has 0 bridgehead atoms. The maximum Gasteiger partial charge on any atom is 0.192 e. The second kappa shape index (κ2) is 43.9. The molecule has 21 aromatic rings. The van der Waals surface area contributed by atoms with Gasteiger partial charge in [0.1, 0.15) is 68.5 Å². The van der Waals surface area contributed by atoms with Crippen LogP contribution in [0.25, 0.3) is 97.4 Å². The van der Waals surface area contributed by atoms with Crippen molar-refractivity contribution in [1.82, 2.24) is 54.5 Å². The lowest BCUT2D eigenvalue weighted by atomic mass is 10.1. The average Bonchev–Trinajstić information content (AvgIpc) is 1.79. The van der Waals surface area contributed by atoms with Crippen LogP contribution in [0.5, 0.6) is 11.5 Å². The molecule has 678 valence electrons. The van der Waals surface area contributed by atoms with E-state index in [-0.39, 0.29) is 0 Å². The van der Waals surface area contributed by atoms with Crippen LogP contribution >= 0.6 is 22.7 Å². The van der Waals surface area contributed by atoms with Gasteiger partial charge >= 0.3 is 0 Å². The van der Waals surface area contributed by atoms with E-state index in [1.54, 1.807) is 38.6 Å². The predicted octanol–water partition coefficient (Wildman–Crippen LogP) is 29.2. The minimum Gasteiger partial charge on any atom is -0.490 e. The molecule has 1 aliphatic carbocycles. The molecule has 12 aromatic carbocycles. The number of oxazole rings is 2. The van der Waals surface area contributed by atoms with Crippen LogP contribution in [0.1, 0.15) is 143 Å². The first-order chi connectivity index (χ1) is 63.0. The van der Waals surface area contributed by atoms with Gasteiger partial charge in [0.2, 0.25) is 0 Å². The number of ether oxygens (including phenoxy) is 2. The average molecular weight is 1800 g/mol. The van der Waals surface area contributed by atoms with E-state index >= 15 is 0 Å². The number of hydrogen-bond acceptors (Lipinski definition) is 16. The Morgan fingerprint density at radius 1 is 0.265 bits per heavy atom. The summed E-state index contributed by atoms with van der Waals surface area (Å²) in [6.45, 7) is 43.3. The van der Waals surface area contributed by atoms with Crippen LogP contribution in [0, 0.1) is 131 Å².